The molecule has 24 heavy (non-hydrogen) atoms. The van der Waals surface area contributed by atoms with E-state index in [1.165, 1.54) is 18.4 Å². The fourth-order valence-electron chi connectivity index (χ4n) is 4.41. The number of rotatable bonds is 4. The molecule has 3 atom stereocenters. The second-order valence-corrected chi connectivity index (χ2v) is 8.16. The number of amides is 1. The van der Waals surface area contributed by atoms with Gasteiger partial charge in [-0.15, -0.1) is 0 Å². The molecule has 0 spiro atoms. The van der Waals surface area contributed by atoms with E-state index < -0.39 is 5.54 Å². The lowest BCUT2D eigenvalue weighted by molar-refractivity contribution is -0.124. The summed E-state index contributed by atoms with van der Waals surface area (Å²) in [6, 6.07) is 6.27. The van der Waals surface area contributed by atoms with Gasteiger partial charge < -0.3 is 15.2 Å². The summed E-state index contributed by atoms with van der Waals surface area (Å²) in [5.41, 5.74) is 2.45. The Hall–Kier alpha value is -1.88. The zero-order valence-corrected chi connectivity index (χ0v) is 14.1. The number of piperidine rings is 1. The van der Waals surface area contributed by atoms with E-state index >= 15 is 0 Å². The third-order valence-corrected chi connectivity index (χ3v) is 5.97. The molecule has 1 unspecified atom stereocenters. The van der Waals surface area contributed by atoms with Crippen molar-refractivity contribution in [1.29, 1.82) is 0 Å². The number of carbonyl (C=O) groups is 1. The summed E-state index contributed by atoms with van der Waals surface area (Å²) < 4.78 is 5.69. The minimum absolute atomic E-state index is 0.158. The highest BCUT2D eigenvalue weighted by molar-refractivity contribution is 5.87. The molecule has 2 saturated carbocycles. The molecule has 5 heteroatoms. The highest BCUT2D eigenvalue weighted by Crippen LogP contribution is 2.49. The number of carbonyl (C=O) groups excluding carboxylic acids is 1. The molecule has 1 saturated heterocycles. The van der Waals surface area contributed by atoms with Crippen LogP contribution in [0.15, 0.2) is 22.7 Å². The molecule has 1 amide bonds. The second kappa shape index (κ2) is 4.82. The van der Waals surface area contributed by atoms with Crippen LogP contribution in [0.1, 0.15) is 43.9 Å². The summed E-state index contributed by atoms with van der Waals surface area (Å²) in [5, 5.41) is 11.9. The molecule has 5 rings (SSSR count). The average molecular weight is 325 g/mol. The Kier molecular flexibility index (Phi) is 2.90. The Morgan fingerprint density at radius 1 is 1.29 bits per heavy atom. The minimum Gasteiger partial charge on any atom is -0.356 e. The number of benzene rings is 1. The maximum atomic E-state index is 12.7. The Morgan fingerprint density at radius 2 is 2.04 bits per heavy atom. The predicted octanol–water partition coefficient (Wildman–Crippen LogP) is 2.52. The summed E-state index contributed by atoms with van der Waals surface area (Å²) in [4.78, 5) is 12.7. The SMILES string of the molecule is CC(C)(NC(=O)C1[C@H]2CNC[C@@H]12)c1noc2c(C3CC3)cccc12. The van der Waals surface area contributed by atoms with Gasteiger partial charge in [-0.05, 0) is 63.6 Å². The number of hydrogen-bond acceptors (Lipinski definition) is 4. The lowest BCUT2D eigenvalue weighted by Crippen LogP contribution is -2.43. The molecule has 2 aliphatic carbocycles. The molecule has 3 fully saturated rings. The summed E-state index contributed by atoms with van der Waals surface area (Å²) >= 11 is 0. The third kappa shape index (κ3) is 2.10. The van der Waals surface area contributed by atoms with Crippen LogP contribution in [0.4, 0.5) is 0 Å². The van der Waals surface area contributed by atoms with Crippen molar-refractivity contribution in [2.45, 2.75) is 38.1 Å². The Morgan fingerprint density at radius 3 is 2.75 bits per heavy atom. The van der Waals surface area contributed by atoms with Gasteiger partial charge in [0.25, 0.3) is 0 Å². The molecule has 3 aliphatic rings. The summed E-state index contributed by atoms with van der Waals surface area (Å²) in [6.07, 6.45) is 2.46. The maximum absolute atomic E-state index is 12.7. The van der Waals surface area contributed by atoms with E-state index in [1.807, 2.05) is 13.8 Å². The van der Waals surface area contributed by atoms with Crippen molar-refractivity contribution >= 4 is 16.9 Å². The fourth-order valence-corrected chi connectivity index (χ4v) is 4.41. The van der Waals surface area contributed by atoms with Crippen LogP contribution >= 0.6 is 0 Å². The largest absolute Gasteiger partial charge is 0.356 e. The first-order chi connectivity index (χ1) is 11.6. The number of nitrogens with zero attached hydrogens (tertiary/aromatic N) is 1. The zero-order chi connectivity index (χ0) is 16.5. The summed E-state index contributed by atoms with van der Waals surface area (Å²) in [7, 11) is 0. The molecule has 1 aliphatic heterocycles. The topological polar surface area (TPSA) is 67.2 Å². The Labute approximate surface area is 141 Å². The van der Waals surface area contributed by atoms with Crippen molar-refractivity contribution in [3.8, 4) is 0 Å². The number of fused-ring (bicyclic) bond motifs is 2. The van der Waals surface area contributed by atoms with Crippen LogP contribution in [0.25, 0.3) is 11.0 Å². The Balaban J connectivity index is 1.43. The molecular formula is C19H23N3O2. The van der Waals surface area contributed by atoms with Crippen LogP contribution in [-0.2, 0) is 10.3 Å². The molecule has 1 aromatic carbocycles. The highest BCUT2D eigenvalue weighted by Gasteiger charge is 2.57. The first-order valence-corrected chi connectivity index (χ1v) is 8.98. The van der Waals surface area contributed by atoms with Crippen LogP contribution in [0.5, 0.6) is 0 Å². The lowest BCUT2D eigenvalue weighted by Gasteiger charge is -2.24. The molecule has 126 valence electrons. The van der Waals surface area contributed by atoms with Crippen molar-refractivity contribution in [3.63, 3.8) is 0 Å². The minimum atomic E-state index is -0.533. The maximum Gasteiger partial charge on any atom is 0.224 e. The quantitative estimate of drug-likeness (QED) is 0.906. The van der Waals surface area contributed by atoms with Crippen molar-refractivity contribution < 1.29 is 9.32 Å². The molecule has 5 nitrogen and oxygen atoms in total. The van der Waals surface area contributed by atoms with E-state index in [0.717, 1.165) is 29.8 Å². The number of para-hydroxylation sites is 1. The van der Waals surface area contributed by atoms with Gasteiger partial charge in [0.05, 0.1) is 5.54 Å². The van der Waals surface area contributed by atoms with E-state index in [2.05, 4.69) is 34.0 Å². The third-order valence-electron chi connectivity index (χ3n) is 5.97. The van der Waals surface area contributed by atoms with Crippen molar-refractivity contribution in [2.24, 2.45) is 17.8 Å². The van der Waals surface area contributed by atoms with E-state index in [-0.39, 0.29) is 11.8 Å². The van der Waals surface area contributed by atoms with Crippen molar-refractivity contribution in [3.05, 3.63) is 29.5 Å². The highest BCUT2D eigenvalue weighted by atomic mass is 16.5. The first-order valence-electron chi connectivity index (χ1n) is 8.98. The molecule has 0 radical (unpaired) electrons. The van der Waals surface area contributed by atoms with Gasteiger partial charge in [0.15, 0.2) is 5.58 Å². The lowest BCUT2D eigenvalue weighted by atomic mass is 9.95. The molecule has 1 aromatic heterocycles. The van der Waals surface area contributed by atoms with E-state index in [0.29, 0.717) is 17.8 Å². The van der Waals surface area contributed by atoms with Crippen LogP contribution in [0, 0.1) is 17.8 Å². The first kappa shape index (κ1) is 14.5. The van der Waals surface area contributed by atoms with E-state index in [1.54, 1.807) is 0 Å². The normalized spacial score (nSPS) is 28.8. The zero-order valence-electron chi connectivity index (χ0n) is 14.1. The van der Waals surface area contributed by atoms with Crippen LogP contribution < -0.4 is 10.6 Å². The fraction of sp³-hybridized carbons (Fsp3) is 0.579. The monoisotopic (exact) mass is 325 g/mol. The smallest absolute Gasteiger partial charge is 0.224 e. The van der Waals surface area contributed by atoms with Crippen molar-refractivity contribution in [2.75, 3.05) is 13.1 Å². The second-order valence-electron chi connectivity index (χ2n) is 8.16. The molecule has 2 aromatic rings. The van der Waals surface area contributed by atoms with Gasteiger partial charge in [-0.2, -0.15) is 0 Å². The van der Waals surface area contributed by atoms with Gasteiger partial charge in [-0.1, -0.05) is 17.3 Å². The average Bonchev–Trinajstić information content (AvgIpc) is 3.41. The van der Waals surface area contributed by atoms with Crippen LogP contribution in [0.2, 0.25) is 0 Å². The van der Waals surface area contributed by atoms with Gasteiger partial charge in [0, 0.05) is 16.9 Å². The van der Waals surface area contributed by atoms with Crippen LogP contribution in [0.3, 0.4) is 0 Å². The van der Waals surface area contributed by atoms with E-state index in [4.69, 9.17) is 4.52 Å². The molecular weight excluding hydrogens is 302 g/mol. The van der Waals surface area contributed by atoms with Gasteiger partial charge >= 0.3 is 0 Å². The molecule has 2 N–H and O–H groups in total. The number of nitrogens with one attached hydrogen (secondary N) is 2. The number of hydrogen-bond donors (Lipinski definition) is 2. The predicted molar refractivity (Wildman–Crippen MR) is 90.5 cm³/mol. The van der Waals surface area contributed by atoms with Gasteiger partial charge in [0.1, 0.15) is 5.69 Å². The molecule has 2 heterocycles. The van der Waals surface area contributed by atoms with Crippen LogP contribution in [-0.4, -0.2) is 24.2 Å². The van der Waals surface area contributed by atoms with Gasteiger partial charge in [-0.25, -0.2) is 0 Å². The van der Waals surface area contributed by atoms with Gasteiger partial charge in [0.2, 0.25) is 5.91 Å². The van der Waals surface area contributed by atoms with Crippen molar-refractivity contribution in [1.82, 2.24) is 15.8 Å². The number of aromatic nitrogens is 1. The summed E-state index contributed by atoms with van der Waals surface area (Å²) in [5.74, 6) is 2.00. The Bertz CT molecular complexity index is 811. The van der Waals surface area contributed by atoms with Gasteiger partial charge in [-0.3, -0.25) is 4.79 Å². The molecule has 0 bridgehead atoms. The van der Waals surface area contributed by atoms with E-state index in [9.17, 15) is 4.79 Å². The standard InChI is InChI=1S/C19H23N3O2/c1-19(2,21-18(23)15-13-8-20-9-14(13)15)17-12-5-3-4-11(10-6-7-10)16(12)24-22-17/h3-5,10,13-15,20H,6-9H2,1-2H3,(H,21,23)/t13-,14+,15?. The summed E-state index contributed by atoms with van der Waals surface area (Å²) in [6.45, 7) is 5.98.